The maximum Gasteiger partial charge on any atom is 0.253 e. The summed E-state index contributed by atoms with van der Waals surface area (Å²) in [5.41, 5.74) is 0.771. The largest absolute Gasteiger partial charge is 0.375 e. The number of carbonyl (C=O) groups excluding carboxylic acids is 1. The van der Waals surface area contributed by atoms with Crippen LogP contribution >= 0.6 is 0 Å². The molecule has 0 saturated carbocycles. The van der Waals surface area contributed by atoms with Gasteiger partial charge in [-0.05, 0) is 17.7 Å². The van der Waals surface area contributed by atoms with E-state index in [0.717, 1.165) is 6.26 Å². The highest BCUT2D eigenvalue weighted by molar-refractivity contribution is 7.90. The number of sulfone groups is 1. The molecule has 0 aliphatic heterocycles. The van der Waals surface area contributed by atoms with Crippen molar-refractivity contribution >= 4 is 21.4 Å². The maximum atomic E-state index is 12.2. The van der Waals surface area contributed by atoms with Gasteiger partial charge in [0.05, 0.1) is 12.2 Å². The molecule has 1 rings (SSSR count). The fraction of sp³-hybridized carbons (Fsp3) is 0.286. The number of nitrogens with zero attached hydrogens (tertiary/aromatic N) is 2. The SMILES string of the molecule is C=CC(=C)CN(C(=O)COC)c1cccnc1S(C)(=O)=O. The minimum absolute atomic E-state index is 0.111. The van der Waals surface area contributed by atoms with Gasteiger partial charge in [-0.25, -0.2) is 13.4 Å². The van der Waals surface area contributed by atoms with Crippen molar-refractivity contribution in [2.75, 3.05) is 31.4 Å². The molecule has 114 valence electrons. The van der Waals surface area contributed by atoms with Crippen molar-refractivity contribution in [3.05, 3.63) is 43.1 Å². The van der Waals surface area contributed by atoms with Crippen LogP contribution in [0.2, 0.25) is 0 Å². The summed E-state index contributed by atoms with van der Waals surface area (Å²) in [6.45, 7) is 7.26. The van der Waals surface area contributed by atoms with E-state index < -0.39 is 15.7 Å². The predicted octanol–water partition coefficient (Wildman–Crippen LogP) is 1.21. The van der Waals surface area contributed by atoms with E-state index in [9.17, 15) is 13.2 Å². The van der Waals surface area contributed by atoms with E-state index in [0.29, 0.717) is 5.57 Å². The Kier molecular flexibility index (Phi) is 5.80. The van der Waals surface area contributed by atoms with Crippen LogP contribution in [0, 0.1) is 0 Å². The summed E-state index contributed by atoms with van der Waals surface area (Å²) in [7, 11) is -2.18. The fourth-order valence-corrected chi connectivity index (χ4v) is 2.46. The molecule has 6 nitrogen and oxygen atoms in total. The van der Waals surface area contributed by atoms with Crippen molar-refractivity contribution in [3.8, 4) is 0 Å². The van der Waals surface area contributed by atoms with Crippen molar-refractivity contribution in [1.29, 1.82) is 0 Å². The first-order valence-electron chi connectivity index (χ1n) is 6.05. The zero-order valence-electron chi connectivity index (χ0n) is 12.1. The van der Waals surface area contributed by atoms with E-state index in [1.165, 1.54) is 30.3 Å². The third kappa shape index (κ3) is 4.51. The van der Waals surface area contributed by atoms with Gasteiger partial charge in [0.25, 0.3) is 5.91 Å². The third-order valence-electron chi connectivity index (χ3n) is 2.61. The molecule has 0 saturated heterocycles. The van der Waals surface area contributed by atoms with Crippen molar-refractivity contribution in [2.45, 2.75) is 5.03 Å². The van der Waals surface area contributed by atoms with Gasteiger partial charge >= 0.3 is 0 Å². The van der Waals surface area contributed by atoms with Gasteiger partial charge in [0.2, 0.25) is 0 Å². The third-order valence-corrected chi connectivity index (χ3v) is 3.63. The van der Waals surface area contributed by atoms with Crippen molar-refractivity contribution in [1.82, 2.24) is 4.98 Å². The summed E-state index contributed by atoms with van der Waals surface area (Å²) in [5, 5.41) is -0.161. The van der Waals surface area contributed by atoms with Gasteiger partial charge in [0, 0.05) is 19.6 Å². The molecule has 0 aromatic carbocycles. The van der Waals surface area contributed by atoms with E-state index in [1.54, 1.807) is 6.07 Å². The van der Waals surface area contributed by atoms with E-state index in [-0.39, 0.29) is 23.9 Å². The molecule has 0 atom stereocenters. The van der Waals surface area contributed by atoms with Gasteiger partial charge in [-0.2, -0.15) is 0 Å². The number of hydrogen-bond donors (Lipinski definition) is 0. The number of anilines is 1. The van der Waals surface area contributed by atoms with Gasteiger partial charge in [0.15, 0.2) is 14.9 Å². The highest BCUT2D eigenvalue weighted by Crippen LogP contribution is 2.23. The van der Waals surface area contributed by atoms with Crippen LogP contribution in [0.1, 0.15) is 0 Å². The number of pyridine rings is 1. The minimum atomic E-state index is -3.57. The van der Waals surface area contributed by atoms with Crippen molar-refractivity contribution in [2.24, 2.45) is 0 Å². The monoisotopic (exact) mass is 310 g/mol. The van der Waals surface area contributed by atoms with E-state index in [2.05, 4.69) is 18.1 Å². The van der Waals surface area contributed by atoms with Crippen LogP contribution in [0.15, 0.2) is 48.2 Å². The van der Waals surface area contributed by atoms with E-state index in [4.69, 9.17) is 4.74 Å². The van der Waals surface area contributed by atoms with Gasteiger partial charge in [0.1, 0.15) is 6.61 Å². The molecule has 7 heteroatoms. The molecule has 0 unspecified atom stereocenters. The molecule has 1 heterocycles. The lowest BCUT2D eigenvalue weighted by atomic mass is 10.2. The summed E-state index contributed by atoms with van der Waals surface area (Å²) in [4.78, 5) is 17.3. The summed E-state index contributed by atoms with van der Waals surface area (Å²) in [6, 6.07) is 3.08. The summed E-state index contributed by atoms with van der Waals surface area (Å²) < 4.78 is 28.5. The molecule has 1 aromatic rings. The highest BCUT2D eigenvalue weighted by Gasteiger charge is 2.24. The zero-order valence-corrected chi connectivity index (χ0v) is 12.9. The molecule has 21 heavy (non-hydrogen) atoms. The van der Waals surface area contributed by atoms with Gasteiger partial charge in [-0.3, -0.25) is 4.79 Å². The Hall–Kier alpha value is -1.99. The summed E-state index contributed by atoms with van der Waals surface area (Å²) in [6.07, 6.45) is 3.91. The molecule has 0 spiro atoms. The Morgan fingerprint density at radius 1 is 1.52 bits per heavy atom. The summed E-state index contributed by atoms with van der Waals surface area (Å²) >= 11 is 0. The quantitative estimate of drug-likeness (QED) is 0.707. The average molecular weight is 310 g/mol. The number of amides is 1. The second kappa shape index (κ2) is 7.14. The number of ether oxygens (including phenoxy) is 1. The van der Waals surface area contributed by atoms with E-state index >= 15 is 0 Å². The van der Waals surface area contributed by atoms with Crippen molar-refractivity contribution in [3.63, 3.8) is 0 Å². The first-order valence-corrected chi connectivity index (χ1v) is 7.95. The van der Waals surface area contributed by atoms with Crippen LogP contribution in [0.4, 0.5) is 5.69 Å². The number of hydrogen-bond acceptors (Lipinski definition) is 5. The highest BCUT2D eigenvalue weighted by atomic mass is 32.2. The van der Waals surface area contributed by atoms with Gasteiger partial charge < -0.3 is 9.64 Å². The smallest absolute Gasteiger partial charge is 0.253 e. The maximum absolute atomic E-state index is 12.2. The first-order chi connectivity index (χ1) is 9.81. The van der Waals surface area contributed by atoms with Crippen LogP contribution in [-0.2, 0) is 19.4 Å². The Morgan fingerprint density at radius 2 is 2.19 bits per heavy atom. The second-order valence-corrected chi connectivity index (χ2v) is 6.31. The van der Waals surface area contributed by atoms with Crippen LogP contribution in [-0.4, -0.2) is 45.8 Å². The fourth-order valence-electron chi connectivity index (χ4n) is 1.65. The van der Waals surface area contributed by atoms with Crippen LogP contribution in [0.25, 0.3) is 0 Å². The molecule has 0 bridgehead atoms. The van der Waals surface area contributed by atoms with Crippen molar-refractivity contribution < 1.29 is 17.9 Å². The standard InChI is InChI=1S/C14H18N2O4S/c1-5-11(2)9-16(13(17)10-20-3)12-7-6-8-15-14(12)21(4,18)19/h5-8H,1-2,9-10H2,3-4H3. The minimum Gasteiger partial charge on any atom is -0.375 e. The lowest BCUT2D eigenvalue weighted by molar-refractivity contribution is -0.122. The molecule has 0 fully saturated rings. The second-order valence-electron chi connectivity index (χ2n) is 4.38. The predicted molar refractivity (Wildman–Crippen MR) is 80.9 cm³/mol. The molecule has 0 aliphatic carbocycles. The Balaban J connectivity index is 3.35. The number of methoxy groups -OCH3 is 1. The van der Waals surface area contributed by atoms with Crippen LogP contribution in [0.5, 0.6) is 0 Å². The van der Waals surface area contributed by atoms with Gasteiger partial charge in [-0.1, -0.05) is 19.2 Å². The van der Waals surface area contributed by atoms with E-state index in [1.807, 2.05) is 0 Å². The zero-order chi connectivity index (χ0) is 16.0. The molecular formula is C14H18N2O4S. The number of rotatable bonds is 7. The van der Waals surface area contributed by atoms with Gasteiger partial charge in [-0.15, -0.1) is 0 Å². The molecule has 0 N–H and O–H groups in total. The Bertz CT molecular complexity index is 653. The topological polar surface area (TPSA) is 76.6 Å². The lowest BCUT2D eigenvalue weighted by Crippen LogP contribution is -2.36. The molecule has 1 amide bonds. The molecule has 1 aromatic heterocycles. The first kappa shape index (κ1) is 17.1. The van der Waals surface area contributed by atoms with Crippen LogP contribution in [0.3, 0.4) is 0 Å². The molecule has 0 aliphatic rings. The average Bonchev–Trinajstić information content (AvgIpc) is 2.43. The Labute approximate surface area is 124 Å². The number of aromatic nitrogens is 1. The normalized spacial score (nSPS) is 11.0. The molecular weight excluding hydrogens is 292 g/mol. The molecule has 0 radical (unpaired) electrons. The number of carbonyl (C=O) groups is 1. The summed E-state index contributed by atoms with van der Waals surface area (Å²) in [5.74, 6) is -0.390. The lowest BCUT2D eigenvalue weighted by Gasteiger charge is -2.24. The Morgan fingerprint density at radius 3 is 2.71 bits per heavy atom. The van der Waals surface area contributed by atoms with Crippen LogP contribution < -0.4 is 4.90 Å².